The van der Waals surface area contributed by atoms with Gasteiger partial charge in [-0.1, -0.05) is 0 Å². The average molecular weight is 241 g/mol. The molecule has 0 aromatic carbocycles. The third-order valence-electron chi connectivity index (χ3n) is 2.49. The van der Waals surface area contributed by atoms with Crippen molar-refractivity contribution in [3.8, 4) is 0 Å². The molecule has 0 aliphatic carbocycles. The SMILES string of the molecule is CC(=O)/C=C1/C(=O)N2C=C(C)CS(=O)(=O)C12. The van der Waals surface area contributed by atoms with Gasteiger partial charge in [-0.05, 0) is 25.5 Å². The van der Waals surface area contributed by atoms with E-state index < -0.39 is 21.1 Å². The molecule has 1 atom stereocenters. The van der Waals surface area contributed by atoms with Gasteiger partial charge in [-0.2, -0.15) is 0 Å². The molecule has 0 aromatic rings. The second-order valence-electron chi connectivity index (χ2n) is 4.06. The van der Waals surface area contributed by atoms with Gasteiger partial charge in [0.15, 0.2) is 21.0 Å². The van der Waals surface area contributed by atoms with Crippen molar-refractivity contribution in [2.45, 2.75) is 19.2 Å². The van der Waals surface area contributed by atoms with E-state index in [-0.39, 0.29) is 17.1 Å². The smallest absolute Gasteiger partial charge is 0.258 e. The number of rotatable bonds is 1. The summed E-state index contributed by atoms with van der Waals surface area (Å²) >= 11 is 0. The Kier molecular flexibility index (Phi) is 2.27. The van der Waals surface area contributed by atoms with Gasteiger partial charge in [0.1, 0.15) is 0 Å². The van der Waals surface area contributed by atoms with Crippen molar-refractivity contribution < 1.29 is 18.0 Å². The van der Waals surface area contributed by atoms with Crippen LogP contribution in [0.5, 0.6) is 0 Å². The molecule has 0 aromatic heterocycles. The lowest BCUT2D eigenvalue weighted by atomic mass is 10.0. The van der Waals surface area contributed by atoms with Crippen LogP contribution in [0.4, 0.5) is 0 Å². The minimum absolute atomic E-state index is 0.0588. The number of amides is 1. The third-order valence-corrected chi connectivity index (χ3v) is 4.51. The normalized spacial score (nSPS) is 29.5. The van der Waals surface area contributed by atoms with Crippen molar-refractivity contribution >= 4 is 21.5 Å². The van der Waals surface area contributed by atoms with Crippen molar-refractivity contribution in [1.82, 2.24) is 4.90 Å². The minimum Gasteiger partial charge on any atom is -0.295 e. The molecular weight excluding hydrogens is 230 g/mol. The van der Waals surface area contributed by atoms with E-state index in [1.165, 1.54) is 18.0 Å². The van der Waals surface area contributed by atoms with Crippen molar-refractivity contribution in [2.75, 3.05) is 5.75 Å². The highest BCUT2D eigenvalue weighted by Gasteiger charge is 2.51. The van der Waals surface area contributed by atoms with Gasteiger partial charge in [0, 0.05) is 6.20 Å². The lowest BCUT2D eigenvalue weighted by Crippen LogP contribution is -2.58. The van der Waals surface area contributed by atoms with Crippen LogP contribution in [0.15, 0.2) is 23.4 Å². The Labute approximate surface area is 93.3 Å². The highest BCUT2D eigenvalue weighted by molar-refractivity contribution is 7.92. The van der Waals surface area contributed by atoms with Gasteiger partial charge >= 0.3 is 0 Å². The standard InChI is InChI=1S/C10H11NO4S/c1-6-4-11-9(13)8(3-7(2)12)10(11)16(14,15)5-6/h3-4,10H,5H2,1-2H3/b8-3-. The van der Waals surface area contributed by atoms with E-state index in [9.17, 15) is 18.0 Å². The van der Waals surface area contributed by atoms with Crippen LogP contribution in [-0.4, -0.2) is 36.1 Å². The van der Waals surface area contributed by atoms with Gasteiger partial charge in [-0.3, -0.25) is 14.5 Å². The second-order valence-corrected chi connectivity index (χ2v) is 6.12. The number of fused-ring (bicyclic) bond motifs is 1. The molecule has 2 aliphatic heterocycles. The second kappa shape index (κ2) is 3.28. The fraction of sp³-hybridized carbons (Fsp3) is 0.400. The maximum atomic E-state index is 11.8. The largest absolute Gasteiger partial charge is 0.295 e. The summed E-state index contributed by atoms with van der Waals surface area (Å²) in [5.74, 6) is -0.774. The van der Waals surface area contributed by atoms with E-state index in [0.717, 1.165) is 6.08 Å². The molecule has 6 heteroatoms. The van der Waals surface area contributed by atoms with Crippen molar-refractivity contribution in [3.05, 3.63) is 23.4 Å². The molecule has 2 rings (SSSR count). The molecule has 0 spiro atoms. The first kappa shape index (κ1) is 11.1. The van der Waals surface area contributed by atoms with Gasteiger partial charge < -0.3 is 0 Å². The van der Waals surface area contributed by atoms with Crippen molar-refractivity contribution in [1.29, 1.82) is 0 Å². The number of ketones is 1. The Bertz CT molecular complexity index is 541. The predicted molar refractivity (Wildman–Crippen MR) is 56.9 cm³/mol. The number of hydrogen-bond acceptors (Lipinski definition) is 4. The molecule has 5 nitrogen and oxygen atoms in total. The van der Waals surface area contributed by atoms with E-state index in [1.807, 2.05) is 0 Å². The van der Waals surface area contributed by atoms with E-state index in [2.05, 4.69) is 0 Å². The summed E-state index contributed by atoms with van der Waals surface area (Å²) in [7, 11) is -3.38. The minimum atomic E-state index is -3.38. The molecule has 0 radical (unpaired) electrons. The van der Waals surface area contributed by atoms with Gasteiger partial charge in [0.25, 0.3) is 5.91 Å². The van der Waals surface area contributed by atoms with Crippen LogP contribution < -0.4 is 0 Å². The summed E-state index contributed by atoms with van der Waals surface area (Å²) in [5, 5.41) is -0.951. The molecule has 0 bridgehead atoms. The van der Waals surface area contributed by atoms with Gasteiger partial charge in [0.05, 0.1) is 11.3 Å². The molecule has 2 heterocycles. The zero-order valence-corrected chi connectivity index (χ0v) is 9.74. The number of hydrogen-bond donors (Lipinski definition) is 0. The lowest BCUT2D eigenvalue weighted by molar-refractivity contribution is -0.131. The van der Waals surface area contributed by atoms with Gasteiger partial charge in [-0.15, -0.1) is 0 Å². The third kappa shape index (κ3) is 1.49. The Balaban J connectivity index is 2.47. The molecule has 1 unspecified atom stereocenters. The maximum Gasteiger partial charge on any atom is 0.258 e. The van der Waals surface area contributed by atoms with Crippen molar-refractivity contribution in [2.24, 2.45) is 0 Å². The number of carbonyl (C=O) groups is 2. The summed E-state index contributed by atoms with van der Waals surface area (Å²) in [6, 6.07) is 0. The molecule has 1 saturated heterocycles. The van der Waals surface area contributed by atoms with Crippen LogP contribution in [-0.2, 0) is 19.4 Å². The zero-order chi connectivity index (χ0) is 12.1. The van der Waals surface area contributed by atoms with Crippen LogP contribution in [0.1, 0.15) is 13.8 Å². The number of carbonyl (C=O) groups excluding carboxylic acids is 2. The topological polar surface area (TPSA) is 71.5 Å². The first-order valence-corrected chi connectivity index (χ1v) is 6.48. The van der Waals surface area contributed by atoms with Crippen LogP contribution in [0.2, 0.25) is 0 Å². The molecule has 0 saturated carbocycles. The molecule has 1 fully saturated rings. The lowest BCUT2D eigenvalue weighted by Gasteiger charge is -2.42. The van der Waals surface area contributed by atoms with Crippen LogP contribution in [0.25, 0.3) is 0 Å². The highest BCUT2D eigenvalue weighted by Crippen LogP contribution is 2.35. The first-order valence-electron chi connectivity index (χ1n) is 4.76. The van der Waals surface area contributed by atoms with Crippen LogP contribution >= 0.6 is 0 Å². The summed E-state index contributed by atoms with van der Waals surface area (Å²) in [4.78, 5) is 23.6. The Morgan fingerprint density at radius 1 is 1.56 bits per heavy atom. The van der Waals surface area contributed by atoms with E-state index >= 15 is 0 Å². The first-order chi connectivity index (χ1) is 7.33. The summed E-state index contributed by atoms with van der Waals surface area (Å²) in [6.07, 6.45) is 2.64. The Hall–Kier alpha value is -1.43. The average Bonchev–Trinajstić information content (AvgIpc) is 2.12. The van der Waals surface area contributed by atoms with Gasteiger partial charge in [-0.25, -0.2) is 8.42 Å². The molecule has 0 N–H and O–H groups in total. The Morgan fingerprint density at radius 3 is 2.75 bits per heavy atom. The molecule has 2 aliphatic rings. The molecule has 1 amide bonds. The highest BCUT2D eigenvalue weighted by atomic mass is 32.2. The van der Waals surface area contributed by atoms with Crippen LogP contribution in [0, 0.1) is 0 Å². The summed E-state index contributed by atoms with van der Waals surface area (Å²) in [5.41, 5.74) is 0.711. The van der Waals surface area contributed by atoms with Gasteiger partial charge in [0.2, 0.25) is 0 Å². The van der Waals surface area contributed by atoms with E-state index in [1.54, 1.807) is 6.92 Å². The molecule has 86 valence electrons. The van der Waals surface area contributed by atoms with Crippen LogP contribution in [0.3, 0.4) is 0 Å². The number of nitrogens with zero attached hydrogens (tertiary/aromatic N) is 1. The maximum absolute atomic E-state index is 11.8. The molecular formula is C10H11NO4S. The fourth-order valence-corrected chi connectivity index (χ4v) is 3.89. The zero-order valence-electron chi connectivity index (χ0n) is 8.93. The number of allylic oxidation sites excluding steroid dienone is 1. The quantitative estimate of drug-likeness (QED) is 0.478. The monoisotopic (exact) mass is 241 g/mol. The predicted octanol–water partition coefficient (Wildman–Crippen LogP) is 0.00230. The number of sulfone groups is 1. The Morgan fingerprint density at radius 2 is 2.19 bits per heavy atom. The van der Waals surface area contributed by atoms with Crippen molar-refractivity contribution in [3.63, 3.8) is 0 Å². The summed E-state index contributed by atoms with van der Waals surface area (Å²) < 4.78 is 23.6. The van der Waals surface area contributed by atoms with E-state index in [4.69, 9.17) is 0 Å². The number of β-lactam (4-membered cyclic amide) rings is 1. The summed E-state index contributed by atoms with van der Waals surface area (Å²) in [6.45, 7) is 2.95. The fourth-order valence-electron chi connectivity index (χ4n) is 1.96. The van der Waals surface area contributed by atoms with E-state index in [0.29, 0.717) is 5.57 Å². The molecule has 16 heavy (non-hydrogen) atoms.